The van der Waals surface area contributed by atoms with Gasteiger partial charge in [0.05, 0.1) is 12.1 Å². The van der Waals surface area contributed by atoms with Crippen molar-refractivity contribution in [1.82, 2.24) is 4.67 Å². The molecular weight excluding hydrogens is 405 g/mol. The van der Waals surface area contributed by atoms with E-state index >= 15 is 0 Å². The summed E-state index contributed by atoms with van der Waals surface area (Å²) in [4.78, 5) is 0. The Bertz CT molecular complexity index is 913. The third kappa shape index (κ3) is 2.91. The van der Waals surface area contributed by atoms with Crippen molar-refractivity contribution in [2.45, 2.75) is 12.1 Å². The van der Waals surface area contributed by atoms with E-state index in [4.69, 9.17) is 0 Å². The Morgan fingerprint density at radius 2 is 1.35 bits per heavy atom. The van der Waals surface area contributed by atoms with Gasteiger partial charge in [-0.15, -0.1) is 6.58 Å². The Labute approximate surface area is 162 Å². The maximum Gasteiger partial charge on any atom is 0.208 e. The lowest BCUT2D eigenvalue weighted by Crippen LogP contribution is -2.22. The highest BCUT2D eigenvalue weighted by Crippen LogP contribution is 2.64. The van der Waals surface area contributed by atoms with Crippen molar-refractivity contribution in [2.24, 2.45) is 0 Å². The zero-order valence-corrected chi connectivity index (χ0v) is 16.7. The highest BCUT2D eigenvalue weighted by molar-refractivity contribution is 9.10. The molecule has 2 nitrogen and oxygen atoms in total. The maximum atomic E-state index is 14.5. The first-order valence-electron chi connectivity index (χ1n) is 8.54. The highest BCUT2D eigenvalue weighted by atomic mass is 79.9. The van der Waals surface area contributed by atoms with Crippen LogP contribution in [0.5, 0.6) is 0 Å². The van der Waals surface area contributed by atoms with Gasteiger partial charge in [-0.3, -0.25) is 4.57 Å². The van der Waals surface area contributed by atoms with Crippen LogP contribution in [0.15, 0.2) is 102 Å². The van der Waals surface area contributed by atoms with Crippen molar-refractivity contribution in [3.05, 3.63) is 108 Å². The number of hydrogen-bond acceptors (Lipinski definition) is 1. The van der Waals surface area contributed by atoms with Crippen molar-refractivity contribution in [3.8, 4) is 0 Å². The fraction of sp³-hybridized carbons (Fsp3) is 0.0909. The summed E-state index contributed by atoms with van der Waals surface area (Å²) in [5.74, 6) is 0. The molecule has 3 aromatic rings. The molecule has 3 aromatic carbocycles. The molecule has 1 fully saturated rings. The quantitative estimate of drug-likeness (QED) is 0.315. The average Bonchev–Trinajstić information content (AvgIpc) is 3.44. The molecular formula is C22H19BrNOP. The molecule has 0 bridgehead atoms. The van der Waals surface area contributed by atoms with E-state index in [-0.39, 0.29) is 12.1 Å². The van der Waals surface area contributed by atoms with E-state index in [2.05, 4.69) is 39.3 Å². The summed E-state index contributed by atoms with van der Waals surface area (Å²) in [5, 5.41) is 1.72. The van der Waals surface area contributed by atoms with Gasteiger partial charge in [0.2, 0.25) is 7.29 Å². The molecule has 0 amide bonds. The lowest BCUT2D eigenvalue weighted by molar-refractivity contribution is 0.557. The largest absolute Gasteiger partial charge is 0.296 e. The zero-order chi connectivity index (χ0) is 18.1. The predicted molar refractivity (Wildman–Crippen MR) is 112 cm³/mol. The normalized spacial score (nSPS) is 22.0. The smallest absolute Gasteiger partial charge is 0.208 e. The van der Waals surface area contributed by atoms with Gasteiger partial charge in [-0.25, -0.2) is 4.67 Å². The van der Waals surface area contributed by atoms with Crippen LogP contribution in [-0.4, -0.2) is 10.7 Å². The molecule has 130 valence electrons. The lowest BCUT2D eigenvalue weighted by atomic mass is 10.1. The van der Waals surface area contributed by atoms with E-state index in [0.29, 0.717) is 0 Å². The monoisotopic (exact) mass is 423 g/mol. The lowest BCUT2D eigenvalue weighted by Gasteiger charge is -2.22. The minimum absolute atomic E-state index is 0.0578. The summed E-state index contributed by atoms with van der Waals surface area (Å²) in [6.07, 6.45) is 1.91. The Morgan fingerprint density at radius 1 is 0.846 bits per heavy atom. The van der Waals surface area contributed by atoms with Crippen molar-refractivity contribution < 1.29 is 4.57 Å². The molecule has 4 heteroatoms. The molecule has 1 aliphatic heterocycles. The van der Waals surface area contributed by atoms with Gasteiger partial charge in [-0.2, -0.15) is 0 Å². The molecule has 0 spiro atoms. The molecule has 1 saturated heterocycles. The summed E-state index contributed by atoms with van der Waals surface area (Å²) in [6.45, 7) is 4.00. The van der Waals surface area contributed by atoms with Crippen LogP contribution < -0.4 is 10.6 Å². The second kappa shape index (κ2) is 7.00. The van der Waals surface area contributed by atoms with Gasteiger partial charge < -0.3 is 0 Å². The molecule has 4 rings (SSSR count). The maximum absolute atomic E-state index is 14.5. The number of hydrogen-bond donors (Lipinski definition) is 0. The number of benzene rings is 3. The van der Waals surface area contributed by atoms with Gasteiger partial charge in [0.1, 0.15) is 0 Å². The third-order valence-electron chi connectivity index (χ3n) is 4.81. The van der Waals surface area contributed by atoms with Crippen LogP contribution in [0.3, 0.4) is 0 Å². The molecule has 26 heavy (non-hydrogen) atoms. The van der Waals surface area contributed by atoms with Gasteiger partial charge in [-0.05, 0) is 42.0 Å². The van der Waals surface area contributed by atoms with Gasteiger partial charge in [0, 0.05) is 15.1 Å². The molecule has 0 aromatic heterocycles. The third-order valence-corrected chi connectivity index (χ3v) is 8.51. The molecule has 1 aliphatic rings. The van der Waals surface area contributed by atoms with Crippen LogP contribution in [0, 0.1) is 0 Å². The number of nitrogens with zero attached hydrogens (tertiary/aromatic N) is 1. The SMILES string of the molecule is C=C[C@@H]1[C@@H](c2ccc(Br)cc2)N1P(=O)(c1ccccc1)c1ccccc1. The van der Waals surface area contributed by atoms with E-state index in [0.717, 1.165) is 20.6 Å². The van der Waals surface area contributed by atoms with E-state index in [9.17, 15) is 4.57 Å². The topological polar surface area (TPSA) is 20.1 Å². The number of halogens is 1. The van der Waals surface area contributed by atoms with Gasteiger partial charge >= 0.3 is 0 Å². The Hall–Kier alpha value is -1.93. The van der Waals surface area contributed by atoms with Gasteiger partial charge in [0.15, 0.2) is 0 Å². The fourth-order valence-corrected chi connectivity index (χ4v) is 6.93. The van der Waals surface area contributed by atoms with Crippen LogP contribution in [-0.2, 0) is 4.57 Å². The van der Waals surface area contributed by atoms with E-state index in [1.165, 1.54) is 0 Å². The van der Waals surface area contributed by atoms with E-state index < -0.39 is 7.29 Å². The summed E-state index contributed by atoms with van der Waals surface area (Å²) in [7, 11) is -2.94. The Balaban J connectivity index is 1.84. The summed E-state index contributed by atoms with van der Waals surface area (Å²) in [5.41, 5.74) is 1.16. The van der Waals surface area contributed by atoms with E-state index in [1.807, 2.05) is 78.9 Å². The number of rotatable bonds is 5. The van der Waals surface area contributed by atoms with Crippen LogP contribution in [0.2, 0.25) is 0 Å². The van der Waals surface area contributed by atoms with Crippen molar-refractivity contribution >= 4 is 33.8 Å². The van der Waals surface area contributed by atoms with E-state index in [1.54, 1.807) is 0 Å². The van der Waals surface area contributed by atoms with Crippen molar-refractivity contribution in [1.29, 1.82) is 0 Å². The van der Waals surface area contributed by atoms with Crippen LogP contribution in [0.1, 0.15) is 11.6 Å². The minimum Gasteiger partial charge on any atom is -0.296 e. The fourth-order valence-electron chi connectivity index (χ4n) is 3.52. The first-order valence-corrected chi connectivity index (χ1v) is 11.0. The minimum atomic E-state index is -2.94. The van der Waals surface area contributed by atoms with Crippen LogP contribution in [0.25, 0.3) is 0 Å². The van der Waals surface area contributed by atoms with Crippen LogP contribution >= 0.6 is 23.2 Å². The average molecular weight is 424 g/mol. The molecule has 3 atom stereocenters. The Morgan fingerprint density at radius 3 is 1.81 bits per heavy atom. The summed E-state index contributed by atoms with van der Waals surface area (Å²) >= 11 is 3.49. The molecule has 1 heterocycles. The first kappa shape index (κ1) is 17.5. The molecule has 0 N–H and O–H groups in total. The molecule has 1 unspecified atom stereocenters. The standard InChI is InChI=1S/C22H19BrNOP/c1-2-21-22(17-13-15-18(23)16-14-17)24(21)26(25,19-9-5-3-6-10-19)20-11-7-4-8-12-20/h2-16,21-22H,1H2/t21-,22-,24?/m1/s1. The predicted octanol–water partition coefficient (Wildman–Crippen LogP) is 5.29. The van der Waals surface area contributed by atoms with Crippen molar-refractivity contribution in [2.75, 3.05) is 0 Å². The second-order valence-electron chi connectivity index (χ2n) is 6.35. The van der Waals surface area contributed by atoms with Crippen LogP contribution in [0.4, 0.5) is 0 Å². The Kier molecular flexibility index (Phi) is 4.71. The first-order chi connectivity index (χ1) is 12.7. The highest BCUT2D eigenvalue weighted by Gasteiger charge is 2.57. The van der Waals surface area contributed by atoms with Crippen molar-refractivity contribution in [3.63, 3.8) is 0 Å². The van der Waals surface area contributed by atoms with Gasteiger partial charge in [0.25, 0.3) is 0 Å². The molecule has 0 saturated carbocycles. The summed E-state index contributed by atoms with van der Waals surface area (Å²) < 4.78 is 17.6. The van der Waals surface area contributed by atoms with Gasteiger partial charge in [-0.1, -0.05) is 70.5 Å². The molecule has 0 aliphatic carbocycles. The molecule has 0 radical (unpaired) electrons. The zero-order valence-electron chi connectivity index (χ0n) is 14.2. The second-order valence-corrected chi connectivity index (χ2v) is 9.91. The summed E-state index contributed by atoms with van der Waals surface area (Å²) in [6, 6.07) is 27.9.